The summed E-state index contributed by atoms with van der Waals surface area (Å²) in [6.07, 6.45) is 3.09. The molecule has 0 amide bonds. The number of nitrogens with zero attached hydrogens (tertiary/aromatic N) is 2. The minimum atomic E-state index is 0.388. The number of methoxy groups -OCH3 is 2. The van der Waals surface area contributed by atoms with Crippen LogP contribution in [0.25, 0.3) is 11.3 Å². The Morgan fingerprint density at radius 3 is 2.53 bits per heavy atom. The van der Waals surface area contributed by atoms with Gasteiger partial charge in [-0.1, -0.05) is 11.6 Å². The third-order valence-corrected chi connectivity index (χ3v) is 2.95. The number of aromatic nitrogens is 2. The molecule has 1 aromatic heterocycles. The fourth-order valence-corrected chi connectivity index (χ4v) is 2.04. The molecule has 0 fully saturated rings. The standard InChI is InChI=1S/C12H13ClN4O2/c1-18-8-4-3-7(9(13)11(8)19-2)10-12(17-14)16-6-5-15-10/h3-6H,14H2,1-2H3,(H,16,17). The van der Waals surface area contributed by atoms with E-state index in [9.17, 15) is 0 Å². The molecule has 7 heteroatoms. The third kappa shape index (κ3) is 2.40. The minimum Gasteiger partial charge on any atom is -0.493 e. The van der Waals surface area contributed by atoms with Crippen LogP contribution in [0.1, 0.15) is 0 Å². The molecule has 1 aromatic carbocycles. The maximum atomic E-state index is 6.31. The fourth-order valence-electron chi connectivity index (χ4n) is 1.71. The van der Waals surface area contributed by atoms with Gasteiger partial charge in [0.15, 0.2) is 17.3 Å². The zero-order chi connectivity index (χ0) is 13.8. The number of hydrogen-bond donors (Lipinski definition) is 2. The van der Waals surface area contributed by atoms with Gasteiger partial charge in [0.05, 0.1) is 19.2 Å². The molecule has 0 aliphatic rings. The highest BCUT2D eigenvalue weighted by Gasteiger charge is 2.17. The number of nitrogens with two attached hydrogens (primary N) is 1. The minimum absolute atomic E-state index is 0.388. The molecule has 6 nitrogen and oxygen atoms in total. The van der Waals surface area contributed by atoms with E-state index in [0.717, 1.165) is 0 Å². The van der Waals surface area contributed by atoms with Crippen molar-refractivity contribution in [1.29, 1.82) is 0 Å². The van der Waals surface area contributed by atoms with Gasteiger partial charge in [0, 0.05) is 18.0 Å². The lowest BCUT2D eigenvalue weighted by atomic mass is 10.1. The molecule has 0 spiro atoms. The van der Waals surface area contributed by atoms with Crippen LogP contribution in [-0.2, 0) is 0 Å². The number of hydrogen-bond acceptors (Lipinski definition) is 6. The van der Waals surface area contributed by atoms with Crippen molar-refractivity contribution in [3.63, 3.8) is 0 Å². The Balaban J connectivity index is 2.63. The van der Waals surface area contributed by atoms with Gasteiger partial charge in [-0.2, -0.15) is 0 Å². The molecule has 0 bridgehead atoms. The van der Waals surface area contributed by atoms with Crippen LogP contribution in [0.15, 0.2) is 24.5 Å². The van der Waals surface area contributed by atoms with Crippen molar-refractivity contribution in [3.05, 3.63) is 29.5 Å². The summed E-state index contributed by atoms with van der Waals surface area (Å²) >= 11 is 6.31. The molecule has 2 rings (SSSR count). The van der Waals surface area contributed by atoms with Gasteiger partial charge in [0.1, 0.15) is 5.69 Å². The topological polar surface area (TPSA) is 82.3 Å². The molecule has 100 valence electrons. The third-order valence-electron chi connectivity index (χ3n) is 2.58. The number of halogens is 1. The number of nitrogen functional groups attached to an aromatic ring is 1. The van der Waals surface area contributed by atoms with E-state index < -0.39 is 0 Å². The lowest BCUT2D eigenvalue weighted by Gasteiger charge is -2.13. The van der Waals surface area contributed by atoms with Crippen LogP contribution in [0.3, 0.4) is 0 Å². The van der Waals surface area contributed by atoms with Crippen molar-refractivity contribution in [2.75, 3.05) is 19.6 Å². The van der Waals surface area contributed by atoms with Gasteiger partial charge >= 0.3 is 0 Å². The van der Waals surface area contributed by atoms with Gasteiger partial charge in [-0.3, -0.25) is 4.98 Å². The van der Waals surface area contributed by atoms with Crippen molar-refractivity contribution < 1.29 is 9.47 Å². The van der Waals surface area contributed by atoms with E-state index in [-0.39, 0.29) is 0 Å². The van der Waals surface area contributed by atoms with E-state index >= 15 is 0 Å². The summed E-state index contributed by atoms with van der Waals surface area (Å²) in [6, 6.07) is 3.52. The average molecular weight is 281 g/mol. The molecule has 0 atom stereocenters. The summed E-state index contributed by atoms with van der Waals surface area (Å²) in [5, 5.41) is 0.388. The molecule has 0 saturated carbocycles. The first-order chi connectivity index (χ1) is 9.22. The van der Waals surface area contributed by atoms with E-state index in [1.54, 1.807) is 25.4 Å². The van der Waals surface area contributed by atoms with Crippen LogP contribution < -0.4 is 20.7 Å². The van der Waals surface area contributed by atoms with Crippen LogP contribution in [0.4, 0.5) is 5.82 Å². The molecule has 19 heavy (non-hydrogen) atoms. The lowest BCUT2D eigenvalue weighted by Crippen LogP contribution is -2.10. The second-order valence-electron chi connectivity index (χ2n) is 3.56. The molecule has 0 radical (unpaired) electrons. The van der Waals surface area contributed by atoms with E-state index in [0.29, 0.717) is 33.6 Å². The Labute approximate surface area is 115 Å². The van der Waals surface area contributed by atoms with E-state index in [4.69, 9.17) is 26.9 Å². The second kappa shape index (κ2) is 5.73. The monoisotopic (exact) mass is 280 g/mol. The maximum absolute atomic E-state index is 6.31. The zero-order valence-corrected chi connectivity index (χ0v) is 11.2. The zero-order valence-electron chi connectivity index (χ0n) is 10.5. The van der Waals surface area contributed by atoms with Crippen molar-refractivity contribution in [1.82, 2.24) is 9.97 Å². The number of ether oxygens (including phenoxy) is 2. The van der Waals surface area contributed by atoms with Crippen molar-refractivity contribution in [2.45, 2.75) is 0 Å². The van der Waals surface area contributed by atoms with E-state index in [1.807, 2.05) is 0 Å². The summed E-state index contributed by atoms with van der Waals surface area (Å²) in [5.74, 6) is 6.82. The molecular formula is C12H13ClN4O2. The molecule has 2 aromatic rings. The second-order valence-corrected chi connectivity index (χ2v) is 3.94. The predicted octanol–water partition coefficient (Wildman–Crippen LogP) is 2.10. The highest BCUT2D eigenvalue weighted by Crippen LogP contribution is 2.42. The number of nitrogens with one attached hydrogen (secondary N) is 1. The van der Waals surface area contributed by atoms with Crippen LogP contribution in [-0.4, -0.2) is 24.2 Å². The Bertz CT molecular complexity index is 592. The quantitative estimate of drug-likeness (QED) is 0.659. The smallest absolute Gasteiger partial charge is 0.180 e. The SMILES string of the molecule is COc1ccc(-c2nccnc2NN)c(Cl)c1OC. The van der Waals surface area contributed by atoms with Gasteiger partial charge in [-0.25, -0.2) is 10.8 Å². The molecule has 3 N–H and O–H groups in total. The Morgan fingerprint density at radius 2 is 1.89 bits per heavy atom. The highest BCUT2D eigenvalue weighted by atomic mass is 35.5. The van der Waals surface area contributed by atoms with Crippen LogP contribution in [0.5, 0.6) is 11.5 Å². The largest absolute Gasteiger partial charge is 0.493 e. The van der Waals surface area contributed by atoms with Crippen molar-refractivity contribution >= 4 is 17.4 Å². The van der Waals surface area contributed by atoms with Gasteiger partial charge < -0.3 is 14.9 Å². The highest BCUT2D eigenvalue weighted by molar-refractivity contribution is 6.35. The average Bonchev–Trinajstić information content (AvgIpc) is 2.46. The summed E-state index contributed by atoms with van der Waals surface area (Å²) in [7, 11) is 3.06. The first kappa shape index (κ1) is 13.4. The summed E-state index contributed by atoms with van der Waals surface area (Å²) in [4.78, 5) is 8.31. The molecule has 0 aliphatic carbocycles. The van der Waals surface area contributed by atoms with Crippen molar-refractivity contribution in [2.24, 2.45) is 5.84 Å². The predicted molar refractivity (Wildman–Crippen MR) is 73.4 cm³/mol. The molecule has 0 aliphatic heterocycles. The normalized spacial score (nSPS) is 10.1. The first-order valence-electron chi connectivity index (χ1n) is 5.41. The summed E-state index contributed by atoms with van der Waals surface area (Å²) in [5.41, 5.74) is 3.67. The summed E-state index contributed by atoms with van der Waals surface area (Å²) in [6.45, 7) is 0. The Morgan fingerprint density at radius 1 is 1.16 bits per heavy atom. The molecule has 0 unspecified atom stereocenters. The van der Waals surface area contributed by atoms with Crippen LogP contribution >= 0.6 is 11.6 Å². The Kier molecular flexibility index (Phi) is 4.03. The van der Waals surface area contributed by atoms with Crippen LogP contribution in [0.2, 0.25) is 5.02 Å². The van der Waals surface area contributed by atoms with Crippen LogP contribution in [0, 0.1) is 0 Å². The molecular weight excluding hydrogens is 268 g/mol. The molecule has 0 saturated heterocycles. The van der Waals surface area contributed by atoms with E-state index in [2.05, 4.69) is 15.4 Å². The fraction of sp³-hybridized carbons (Fsp3) is 0.167. The summed E-state index contributed by atoms with van der Waals surface area (Å²) < 4.78 is 10.4. The lowest BCUT2D eigenvalue weighted by molar-refractivity contribution is 0.355. The number of anilines is 1. The van der Waals surface area contributed by atoms with Gasteiger partial charge in [-0.15, -0.1) is 0 Å². The number of hydrazine groups is 1. The molecule has 1 heterocycles. The number of benzene rings is 1. The number of rotatable bonds is 4. The Hall–Kier alpha value is -2.05. The van der Waals surface area contributed by atoms with Gasteiger partial charge in [0.2, 0.25) is 0 Å². The van der Waals surface area contributed by atoms with Crippen molar-refractivity contribution in [3.8, 4) is 22.8 Å². The van der Waals surface area contributed by atoms with E-state index in [1.165, 1.54) is 13.3 Å². The van der Waals surface area contributed by atoms with Gasteiger partial charge in [0.25, 0.3) is 0 Å². The first-order valence-corrected chi connectivity index (χ1v) is 5.79. The van der Waals surface area contributed by atoms with Gasteiger partial charge in [-0.05, 0) is 12.1 Å². The maximum Gasteiger partial charge on any atom is 0.180 e.